The number of nitrogens with zero attached hydrogens (tertiary/aromatic N) is 1. The summed E-state index contributed by atoms with van der Waals surface area (Å²) in [5, 5.41) is 0. The van der Waals surface area contributed by atoms with Crippen LogP contribution in [0.1, 0.15) is 29.8 Å². The number of ketones is 1. The van der Waals surface area contributed by atoms with Crippen molar-refractivity contribution >= 4 is 11.7 Å². The van der Waals surface area contributed by atoms with Gasteiger partial charge in [-0.3, -0.25) is 9.59 Å². The maximum atomic E-state index is 12.5. The minimum Gasteiger partial charge on any atom is -0.493 e. The molecule has 0 saturated heterocycles. The molecule has 25 heavy (non-hydrogen) atoms. The first kappa shape index (κ1) is 18.5. The Morgan fingerprint density at radius 1 is 1.08 bits per heavy atom. The number of likely N-dealkylation sites (N-methyl/N-ethyl adjacent to an activating group) is 1. The molecule has 5 nitrogen and oxygen atoms in total. The van der Waals surface area contributed by atoms with Crippen LogP contribution in [0.2, 0.25) is 0 Å². The number of rotatable bonds is 7. The van der Waals surface area contributed by atoms with Gasteiger partial charge in [0.25, 0.3) is 5.91 Å². The van der Waals surface area contributed by atoms with Gasteiger partial charge >= 0.3 is 0 Å². The second-order valence-corrected chi connectivity index (χ2v) is 5.86. The van der Waals surface area contributed by atoms with E-state index in [1.54, 1.807) is 37.1 Å². The lowest BCUT2D eigenvalue weighted by molar-refractivity contribution is -0.137. The standard InChI is InChI=1S/C20H23NO4/c1-14(22)17-10-11-18(19(12-17)24-4)25-15(2)20(23)21(3)13-16-8-6-5-7-9-16/h5-12,15H,13H2,1-4H3/t15-/m0/s1. The number of carbonyl (C=O) groups is 2. The van der Waals surface area contributed by atoms with Gasteiger partial charge in [0.05, 0.1) is 7.11 Å². The van der Waals surface area contributed by atoms with Crippen molar-refractivity contribution in [1.29, 1.82) is 0 Å². The number of hydrogen-bond donors (Lipinski definition) is 0. The summed E-state index contributed by atoms with van der Waals surface area (Å²) >= 11 is 0. The lowest BCUT2D eigenvalue weighted by atomic mass is 10.1. The van der Waals surface area contributed by atoms with Crippen LogP contribution in [0.15, 0.2) is 48.5 Å². The minimum atomic E-state index is -0.675. The van der Waals surface area contributed by atoms with Crippen molar-refractivity contribution in [3.8, 4) is 11.5 Å². The zero-order chi connectivity index (χ0) is 18.4. The van der Waals surface area contributed by atoms with Crippen LogP contribution in [-0.4, -0.2) is 36.9 Å². The summed E-state index contributed by atoms with van der Waals surface area (Å²) in [6.45, 7) is 3.69. The molecule has 0 aliphatic carbocycles. The number of hydrogen-bond acceptors (Lipinski definition) is 4. The molecule has 2 aromatic carbocycles. The van der Waals surface area contributed by atoms with Gasteiger partial charge < -0.3 is 14.4 Å². The number of Topliss-reactive ketones (excluding diaryl/α,β-unsaturated/α-hetero) is 1. The van der Waals surface area contributed by atoms with Crippen LogP contribution < -0.4 is 9.47 Å². The summed E-state index contributed by atoms with van der Waals surface area (Å²) in [5.74, 6) is 0.664. The lowest BCUT2D eigenvalue weighted by Crippen LogP contribution is -2.37. The summed E-state index contributed by atoms with van der Waals surface area (Å²) in [7, 11) is 3.24. The van der Waals surface area contributed by atoms with Crippen LogP contribution in [0, 0.1) is 0 Å². The van der Waals surface area contributed by atoms with E-state index in [9.17, 15) is 9.59 Å². The third-order valence-electron chi connectivity index (χ3n) is 3.86. The maximum Gasteiger partial charge on any atom is 0.263 e. The SMILES string of the molecule is COc1cc(C(C)=O)ccc1O[C@@H](C)C(=O)N(C)Cc1ccccc1. The Hall–Kier alpha value is -2.82. The molecule has 1 atom stereocenters. The van der Waals surface area contributed by atoms with Crippen molar-refractivity contribution in [2.75, 3.05) is 14.2 Å². The summed E-state index contributed by atoms with van der Waals surface area (Å²) in [4.78, 5) is 25.6. The molecular weight excluding hydrogens is 318 g/mol. The predicted octanol–water partition coefficient (Wildman–Crippen LogP) is 3.32. The molecule has 0 fully saturated rings. The highest BCUT2D eigenvalue weighted by atomic mass is 16.5. The van der Waals surface area contributed by atoms with Gasteiger partial charge in [-0.25, -0.2) is 0 Å². The highest BCUT2D eigenvalue weighted by Gasteiger charge is 2.21. The molecule has 5 heteroatoms. The smallest absolute Gasteiger partial charge is 0.263 e. The molecule has 0 radical (unpaired) electrons. The summed E-state index contributed by atoms with van der Waals surface area (Å²) in [5.41, 5.74) is 1.58. The Balaban J connectivity index is 2.06. The van der Waals surface area contributed by atoms with Crippen molar-refractivity contribution in [2.24, 2.45) is 0 Å². The number of benzene rings is 2. The topological polar surface area (TPSA) is 55.8 Å². The van der Waals surface area contributed by atoms with E-state index in [-0.39, 0.29) is 11.7 Å². The molecule has 0 heterocycles. The zero-order valence-electron chi connectivity index (χ0n) is 15.0. The van der Waals surface area contributed by atoms with E-state index in [1.165, 1.54) is 14.0 Å². The predicted molar refractivity (Wildman–Crippen MR) is 96.0 cm³/mol. The molecule has 1 amide bonds. The highest BCUT2D eigenvalue weighted by molar-refractivity contribution is 5.94. The molecule has 2 aromatic rings. The Morgan fingerprint density at radius 2 is 1.76 bits per heavy atom. The van der Waals surface area contributed by atoms with Crippen molar-refractivity contribution in [3.63, 3.8) is 0 Å². The van der Waals surface area contributed by atoms with Gasteiger partial charge in [-0.05, 0) is 37.6 Å². The molecule has 0 spiro atoms. The second-order valence-electron chi connectivity index (χ2n) is 5.86. The van der Waals surface area contributed by atoms with Gasteiger partial charge in [0.2, 0.25) is 0 Å². The van der Waals surface area contributed by atoms with E-state index in [2.05, 4.69) is 0 Å². The second kappa shape index (κ2) is 8.33. The lowest BCUT2D eigenvalue weighted by Gasteiger charge is -2.23. The van der Waals surface area contributed by atoms with E-state index >= 15 is 0 Å². The average Bonchev–Trinajstić information content (AvgIpc) is 2.61. The van der Waals surface area contributed by atoms with Crippen molar-refractivity contribution < 1.29 is 19.1 Å². The normalized spacial score (nSPS) is 11.5. The number of ether oxygens (including phenoxy) is 2. The van der Waals surface area contributed by atoms with E-state index in [0.717, 1.165) is 5.56 Å². The van der Waals surface area contributed by atoms with Crippen LogP contribution in [0.4, 0.5) is 0 Å². The van der Waals surface area contributed by atoms with E-state index in [0.29, 0.717) is 23.6 Å². The molecule has 0 N–H and O–H groups in total. The quantitative estimate of drug-likeness (QED) is 0.725. The van der Waals surface area contributed by atoms with Gasteiger partial charge in [0.15, 0.2) is 23.4 Å². The summed E-state index contributed by atoms with van der Waals surface area (Å²) in [6.07, 6.45) is -0.675. The third kappa shape index (κ3) is 4.83. The first-order valence-corrected chi connectivity index (χ1v) is 8.07. The molecule has 0 aromatic heterocycles. The van der Waals surface area contributed by atoms with E-state index in [4.69, 9.17) is 9.47 Å². The van der Waals surface area contributed by atoms with E-state index < -0.39 is 6.10 Å². The fourth-order valence-corrected chi connectivity index (χ4v) is 2.47. The number of amides is 1. The van der Waals surface area contributed by atoms with Gasteiger partial charge in [-0.2, -0.15) is 0 Å². The molecule has 2 rings (SSSR count). The fourth-order valence-electron chi connectivity index (χ4n) is 2.47. The van der Waals surface area contributed by atoms with E-state index in [1.807, 2.05) is 30.3 Å². The summed E-state index contributed by atoms with van der Waals surface area (Å²) in [6, 6.07) is 14.7. The molecule has 0 unspecified atom stereocenters. The van der Waals surface area contributed by atoms with Crippen LogP contribution in [0.5, 0.6) is 11.5 Å². The Bertz CT molecular complexity index is 743. The van der Waals surface area contributed by atoms with Gasteiger partial charge in [-0.15, -0.1) is 0 Å². The molecular formula is C20H23NO4. The third-order valence-corrected chi connectivity index (χ3v) is 3.86. The van der Waals surface area contributed by atoms with Crippen molar-refractivity contribution in [1.82, 2.24) is 4.90 Å². The first-order chi connectivity index (χ1) is 11.9. The Labute approximate surface area is 148 Å². The zero-order valence-corrected chi connectivity index (χ0v) is 15.0. The van der Waals surface area contributed by atoms with Crippen LogP contribution >= 0.6 is 0 Å². The number of carbonyl (C=O) groups excluding carboxylic acids is 2. The molecule has 132 valence electrons. The Morgan fingerprint density at radius 3 is 2.36 bits per heavy atom. The largest absolute Gasteiger partial charge is 0.493 e. The summed E-state index contributed by atoms with van der Waals surface area (Å²) < 4.78 is 11.0. The molecule has 0 aliphatic heterocycles. The first-order valence-electron chi connectivity index (χ1n) is 8.07. The van der Waals surface area contributed by atoms with Crippen LogP contribution in [0.3, 0.4) is 0 Å². The van der Waals surface area contributed by atoms with Crippen LogP contribution in [0.25, 0.3) is 0 Å². The van der Waals surface area contributed by atoms with Gasteiger partial charge in [-0.1, -0.05) is 30.3 Å². The molecule has 0 bridgehead atoms. The van der Waals surface area contributed by atoms with Crippen molar-refractivity contribution in [3.05, 3.63) is 59.7 Å². The number of methoxy groups -OCH3 is 1. The van der Waals surface area contributed by atoms with Gasteiger partial charge in [0, 0.05) is 19.2 Å². The molecule has 0 saturated carbocycles. The van der Waals surface area contributed by atoms with Crippen molar-refractivity contribution in [2.45, 2.75) is 26.5 Å². The Kier molecular flexibility index (Phi) is 6.17. The average molecular weight is 341 g/mol. The maximum absolute atomic E-state index is 12.5. The highest BCUT2D eigenvalue weighted by Crippen LogP contribution is 2.29. The van der Waals surface area contributed by atoms with Crippen LogP contribution in [-0.2, 0) is 11.3 Å². The minimum absolute atomic E-state index is 0.0587. The van der Waals surface area contributed by atoms with Gasteiger partial charge in [0.1, 0.15) is 0 Å². The molecule has 0 aliphatic rings. The monoisotopic (exact) mass is 341 g/mol. The fraction of sp³-hybridized carbons (Fsp3) is 0.300.